The molecule has 0 radical (unpaired) electrons. The Kier molecular flexibility index (Phi) is 6.20. The zero-order valence-electron chi connectivity index (χ0n) is 19.6. The van der Waals surface area contributed by atoms with Crippen molar-refractivity contribution in [2.75, 3.05) is 6.61 Å². The highest BCUT2D eigenvalue weighted by molar-refractivity contribution is 5.91. The molecule has 1 aliphatic carbocycles. The SMILES string of the molecule is Cc1cc2c(cc1Cc1ccc(C(=O)NC(CO)C(C)C)o1)C(C)(C)CCC2(C)C. The third-order valence-corrected chi connectivity index (χ3v) is 6.88. The maximum Gasteiger partial charge on any atom is 0.287 e. The van der Waals surface area contributed by atoms with Crippen LogP contribution in [0.15, 0.2) is 28.7 Å². The number of amides is 1. The van der Waals surface area contributed by atoms with E-state index in [2.05, 4.69) is 52.1 Å². The van der Waals surface area contributed by atoms with E-state index in [1.807, 2.05) is 19.9 Å². The summed E-state index contributed by atoms with van der Waals surface area (Å²) >= 11 is 0. The van der Waals surface area contributed by atoms with Crippen molar-refractivity contribution in [1.29, 1.82) is 0 Å². The van der Waals surface area contributed by atoms with Gasteiger partial charge in [0, 0.05) is 6.42 Å². The highest BCUT2D eigenvalue weighted by Gasteiger charge is 2.37. The molecular weight excluding hydrogens is 374 g/mol. The Morgan fingerprint density at radius 3 is 2.27 bits per heavy atom. The number of benzene rings is 1. The zero-order valence-corrected chi connectivity index (χ0v) is 19.6. The topological polar surface area (TPSA) is 62.5 Å². The predicted molar refractivity (Wildman–Crippen MR) is 121 cm³/mol. The first-order valence-electron chi connectivity index (χ1n) is 11.1. The van der Waals surface area contributed by atoms with Crippen molar-refractivity contribution in [1.82, 2.24) is 5.32 Å². The van der Waals surface area contributed by atoms with E-state index >= 15 is 0 Å². The summed E-state index contributed by atoms with van der Waals surface area (Å²) in [6.07, 6.45) is 3.05. The summed E-state index contributed by atoms with van der Waals surface area (Å²) < 4.78 is 5.87. The zero-order chi connectivity index (χ0) is 22.3. The van der Waals surface area contributed by atoms with Crippen LogP contribution in [0.25, 0.3) is 0 Å². The molecule has 2 N–H and O–H groups in total. The molecule has 1 heterocycles. The molecule has 3 rings (SSSR count). The molecule has 1 aliphatic rings. The van der Waals surface area contributed by atoms with E-state index < -0.39 is 0 Å². The molecular formula is C26H37NO3. The van der Waals surface area contributed by atoms with Crippen LogP contribution in [0.2, 0.25) is 0 Å². The number of hydrogen-bond acceptors (Lipinski definition) is 3. The van der Waals surface area contributed by atoms with E-state index in [0.29, 0.717) is 12.2 Å². The van der Waals surface area contributed by atoms with Crippen molar-refractivity contribution in [3.8, 4) is 0 Å². The summed E-state index contributed by atoms with van der Waals surface area (Å²) in [4.78, 5) is 12.5. The standard InChI is InChI=1S/C26H37NO3/c1-16(2)22(15-28)27-24(29)23-9-8-19(30-23)13-18-14-21-20(12-17(18)3)25(4,5)10-11-26(21,6)7/h8-9,12,14,16,22,28H,10-11,13,15H2,1-7H3,(H,27,29). The van der Waals surface area contributed by atoms with E-state index in [-0.39, 0.29) is 35.3 Å². The van der Waals surface area contributed by atoms with Crippen molar-refractivity contribution >= 4 is 5.91 Å². The lowest BCUT2D eigenvalue weighted by atomic mass is 9.62. The summed E-state index contributed by atoms with van der Waals surface area (Å²) in [5, 5.41) is 12.3. The number of nitrogens with one attached hydrogen (secondary N) is 1. The van der Waals surface area contributed by atoms with Crippen molar-refractivity contribution in [3.63, 3.8) is 0 Å². The van der Waals surface area contributed by atoms with Crippen LogP contribution in [0.5, 0.6) is 0 Å². The first kappa shape index (κ1) is 22.6. The number of hydrogen-bond donors (Lipinski definition) is 2. The van der Waals surface area contributed by atoms with Crippen molar-refractivity contribution in [2.45, 2.75) is 84.6 Å². The van der Waals surface area contributed by atoms with Gasteiger partial charge in [0.05, 0.1) is 12.6 Å². The lowest BCUT2D eigenvalue weighted by Gasteiger charge is -2.42. The molecule has 1 aromatic heterocycles. The van der Waals surface area contributed by atoms with Crippen LogP contribution in [0, 0.1) is 12.8 Å². The van der Waals surface area contributed by atoms with Gasteiger partial charge in [-0.1, -0.05) is 53.7 Å². The molecule has 1 amide bonds. The molecule has 4 heteroatoms. The van der Waals surface area contributed by atoms with Gasteiger partial charge in [-0.05, 0) is 70.9 Å². The van der Waals surface area contributed by atoms with Crippen LogP contribution >= 0.6 is 0 Å². The summed E-state index contributed by atoms with van der Waals surface area (Å²) in [7, 11) is 0. The van der Waals surface area contributed by atoms with Gasteiger partial charge in [-0.15, -0.1) is 0 Å². The Labute approximate surface area is 181 Å². The van der Waals surface area contributed by atoms with E-state index in [1.165, 1.54) is 35.1 Å². The largest absolute Gasteiger partial charge is 0.456 e. The first-order valence-corrected chi connectivity index (χ1v) is 11.1. The number of aryl methyl sites for hydroxylation is 1. The van der Waals surface area contributed by atoms with Gasteiger partial charge in [0.2, 0.25) is 0 Å². The van der Waals surface area contributed by atoms with Gasteiger partial charge < -0.3 is 14.8 Å². The number of carbonyl (C=O) groups is 1. The molecule has 1 unspecified atom stereocenters. The molecule has 0 saturated carbocycles. The van der Waals surface area contributed by atoms with Gasteiger partial charge in [-0.3, -0.25) is 4.79 Å². The van der Waals surface area contributed by atoms with E-state index in [9.17, 15) is 9.90 Å². The van der Waals surface area contributed by atoms with Crippen LogP contribution in [-0.4, -0.2) is 23.7 Å². The maximum absolute atomic E-state index is 12.5. The number of furan rings is 1. The van der Waals surface area contributed by atoms with E-state index in [1.54, 1.807) is 6.07 Å². The quantitative estimate of drug-likeness (QED) is 0.680. The minimum absolute atomic E-state index is 0.0859. The van der Waals surface area contributed by atoms with Gasteiger partial charge in [-0.25, -0.2) is 0 Å². The van der Waals surface area contributed by atoms with Gasteiger partial charge >= 0.3 is 0 Å². The molecule has 1 atom stereocenters. The van der Waals surface area contributed by atoms with Crippen molar-refractivity contribution < 1.29 is 14.3 Å². The fourth-order valence-corrected chi connectivity index (χ4v) is 4.40. The molecule has 1 aromatic carbocycles. The fourth-order valence-electron chi connectivity index (χ4n) is 4.40. The monoisotopic (exact) mass is 411 g/mol. The number of aliphatic hydroxyl groups is 1. The smallest absolute Gasteiger partial charge is 0.287 e. The lowest BCUT2D eigenvalue weighted by Crippen LogP contribution is -2.41. The molecule has 0 aliphatic heterocycles. The number of fused-ring (bicyclic) bond motifs is 1. The van der Waals surface area contributed by atoms with E-state index in [0.717, 1.165) is 5.76 Å². The summed E-state index contributed by atoms with van der Waals surface area (Å²) in [6, 6.07) is 8.04. The normalized spacial score (nSPS) is 18.2. The number of aliphatic hydroxyl groups excluding tert-OH is 1. The summed E-state index contributed by atoms with van der Waals surface area (Å²) in [5.74, 6) is 0.945. The fraction of sp³-hybridized carbons (Fsp3) is 0.577. The Hall–Kier alpha value is -2.07. The molecule has 2 aromatic rings. The number of carbonyl (C=O) groups excluding carboxylic acids is 1. The Morgan fingerprint density at radius 2 is 1.70 bits per heavy atom. The van der Waals surface area contributed by atoms with Crippen LogP contribution in [0.3, 0.4) is 0 Å². The van der Waals surface area contributed by atoms with Crippen molar-refractivity contribution in [2.24, 2.45) is 5.92 Å². The second kappa shape index (κ2) is 8.22. The van der Waals surface area contributed by atoms with Crippen LogP contribution < -0.4 is 5.32 Å². The Morgan fingerprint density at radius 1 is 1.10 bits per heavy atom. The lowest BCUT2D eigenvalue weighted by molar-refractivity contribution is 0.0867. The van der Waals surface area contributed by atoms with Gasteiger partial charge in [0.15, 0.2) is 5.76 Å². The molecule has 30 heavy (non-hydrogen) atoms. The van der Waals surface area contributed by atoms with Crippen LogP contribution in [-0.2, 0) is 17.3 Å². The molecule has 0 saturated heterocycles. The van der Waals surface area contributed by atoms with Gasteiger partial charge in [-0.2, -0.15) is 0 Å². The molecule has 0 spiro atoms. The highest BCUT2D eigenvalue weighted by Crippen LogP contribution is 2.46. The van der Waals surface area contributed by atoms with E-state index in [4.69, 9.17) is 4.42 Å². The molecule has 164 valence electrons. The summed E-state index contributed by atoms with van der Waals surface area (Å²) in [6.45, 7) is 15.4. The average molecular weight is 412 g/mol. The predicted octanol–water partition coefficient (Wildman–Crippen LogP) is 5.27. The first-order chi connectivity index (χ1) is 13.9. The third-order valence-electron chi connectivity index (χ3n) is 6.88. The molecule has 4 nitrogen and oxygen atoms in total. The second-order valence-electron chi connectivity index (χ2n) is 10.5. The minimum atomic E-state index is -0.279. The Bertz CT molecular complexity index is 920. The maximum atomic E-state index is 12.5. The molecule has 0 fully saturated rings. The second-order valence-corrected chi connectivity index (χ2v) is 10.5. The molecule has 0 bridgehead atoms. The third kappa shape index (κ3) is 4.49. The van der Waals surface area contributed by atoms with Gasteiger partial charge in [0.1, 0.15) is 5.76 Å². The van der Waals surface area contributed by atoms with Crippen LogP contribution in [0.4, 0.5) is 0 Å². The average Bonchev–Trinajstić information content (AvgIpc) is 3.13. The number of rotatable bonds is 6. The Balaban J connectivity index is 1.84. The highest BCUT2D eigenvalue weighted by atomic mass is 16.3. The van der Waals surface area contributed by atoms with Crippen molar-refractivity contribution in [3.05, 3.63) is 58.0 Å². The van der Waals surface area contributed by atoms with Gasteiger partial charge in [0.25, 0.3) is 5.91 Å². The minimum Gasteiger partial charge on any atom is -0.456 e. The summed E-state index contributed by atoms with van der Waals surface area (Å²) in [5.41, 5.74) is 5.77. The van der Waals surface area contributed by atoms with Crippen LogP contribution in [0.1, 0.15) is 93.0 Å².